The third kappa shape index (κ3) is 2.17. The second-order valence-corrected chi connectivity index (χ2v) is 3.39. The number of aliphatic hydroxyl groups is 2. The van der Waals surface area contributed by atoms with Gasteiger partial charge in [-0.2, -0.15) is 0 Å². The Labute approximate surface area is 66.9 Å². The van der Waals surface area contributed by atoms with Crippen molar-refractivity contribution in [2.75, 3.05) is 0 Å². The Bertz CT molecular complexity index is 192. The summed E-state index contributed by atoms with van der Waals surface area (Å²) in [6, 6.07) is 0. The number of hydrogen-bond acceptors (Lipinski definition) is 2. The molecule has 0 aromatic rings. The van der Waals surface area contributed by atoms with E-state index < -0.39 is 11.7 Å². The van der Waals surface area contributed by atoms with Gasteiger partial charge in [0.25, 0.3) is 0 Å². The standard InChI is InChI=1S/C9H14O2/c1-3-7-4-8(10)6-9(2,11)5-7/h3-4,8,10-11H,1,5-6H2,2H3/t8-,9+/m0/s1. The maximum absolute atomic E-state index is 9.60. The van der Waals surface area contributed by atoms with Gasteiger partial charge < -0.3 is 10.2 Å². The summed E-state index contributed by atoms with van der Waals surface area (Å²) in [5, 5.41) is 18.9. The van der Waals surface area contributed by atoms with Crippen LogP contribution >= 0.6 is 0 Å². The fraction of sp³-hybridized carbons (Fsp3) is 0.556. The zero-order chi connectivity index (χ0) is 8.48. The van der Waals surface area contributed by atoms with Crippen molar-refractivity contribution in [3.05, 3.63) is 24.3 Å². The van der Waals surface area contributed by atoms with E-state index in [-0.39, 0.29) is 0 Å². The number of rotatable bonds is 1. The maximum Gasteiger partial charge on any atom is 0.0754 e. The molecule has 0 heterocycles. The lowest BCUT2D eigenvalue weighted by Gasteiger charge is -2.30. The molecule has 1 aliphatic rings. The van der Waals surface area contributed by atoms with E-state index in [1.165, 1.54) is 0 Å². The Hall–Kier alpha value is -0.600. The molecule has 0 saturated heterocycles. The summed E-state index contributed by atoms with van der Waals surface area (Å²) in [7, 11) is 0. The van der Waals surface area contributed by atoms with Gasteiger partial charge in [0.1, 0.15) is 0 Å². The van der Waals surface area contributed by atoms with Crippen molar-refractivity contribution in [2.24, 2.45) is 0 Å². The molecule has 0 bridgehead atoms. The first kappa shape index (κ1) is 8.50. The summed E-state index contributed by atoms with van der Waals surface area (Å²) < 4.78 is 0. The molecule has 0 aromatic heterocycles. The van der Waals surface area contributed by atoms with Crippen molar-refractivity contribution in [2.45, 2.75) is 31.5 Å². The first-order valence-corrected chi connectivity index (χ1v) is 3.77. The van der Waals surface area contributed by atoms with E-state index in [0.717, 1.165) is 5.57 Å². The third-order valence-electron chi connectivity index (χ3n) is 1.90. The lowest BCUT2D eigenvalue weighted by molar-refractivity contribution is 0.00989. The predicted molar refractivity (Wildman–Crippen MR) is 44.1 cm³/mol. The summed E-state index contributed by atoms with van der Waals surface area (Å²) in [6.07, 6.45) is 3.91. The highest BCUT2D eigenvalue weighted by Gasteiger charge is 2.28. The quantitative estimate of drug-likeness (QED) is 0.591. The Morgan fingerprint density at radius 3 is 2.91 bits per heavy atom. The van der Waals surface area contributed by atoms with Crippen molar-refractivity contribution >= 4 is 0 Å². The first-order valence-electron chi connectivity index (χ1n) is 3.77. The topological polar surface area (TPSA) is 40.5 Å². The van der Waals surface area contributed by atoms with E-state index in [1.54, 1.807) is 19.1 Å². The zero-order valence-electron chi connectivity index (χ0n) is 6.75. The molecule has 0 radical (unpaired) electrons. The summed E-state index contributed by atoms with van der Waals surface area (Å²) in [5.41, 5.74) is 0.159. The summed E-state index contributed by atoms with van der Waals surface area (Å²) in [6.45, 7) is 5.32. The van der Waals surface area contributed by atoms with Crippen LogP contribution in [0.2, 0.25) is 0 Å². The van der Waals surface area contributed by atoms with Crippen LogP contribution in [0.4, 0.5) is 0 Å². The zero-order valence-corrected chi connectivity index (χ0v) is 6.75. The largest absolute Gasteiger partial charge is 0.390 e. The molecule has 2 N–H and O–H groups in total. The first-order chi connectivity index (χ1) is 5.03. The molecule has 0 fully saturated rings. The molecular formula is C9H14O2. The highest BCUT2D eigenvalue weighted by molar-refractivity contribution is 5.23. The van der Waals surface area contributed by atoms with Crippen molar-refractivity contribution in [3.8, 4) is 0 Å². The third-order valence-corrected chi connectivity index (χ3v) is 1.90. The van der Waals surface area contributed by atoms with Crippen LogP contribution in [-0.4, -0.2) is 21.9 Å². The molecule has 0 unspecified atom stereocenters. The molecule has 0 spiro atoms. The van der Waals surface area contributed by atoms with Crippen LogP contribution < -0.4 is 0 Å². The van der Waals surface area contributed by atoms with Crippen LogP contribution in [0, 0.1) is 0 Å². The Morgan fingerprint density at radius 2 is 2.45 bits per heavy atom. The maximum atomic E-state index is 9.60. The minimum Gasteiger partial charge on any atom is -0.390 e. The number of hydrogen-bond donors (Lipinski definition) is 2. The van der Waals surface area contributed by atoms with Crippen LogP contribution in [0.15, 0.2) is 24.3 Å². The van der Waals surface area contributed by atoms with Gasteiger partial charge in [0.2, 0.25) is 0 Å². The molecule has 11 heavy (non-hydrogen) atoms. The van der Waals surface area contributed by atoms with Crippen LogP contribution in [0.25, 0.3) is 0 Å². The van der Waals surface area contributed by atoms with Gasteiger partial charge in [-0.15, -0.1) is 0 Å². The van der Waals surface area contributed by atoms with Gasteiger partial charge in [0, 0.05) is 12.8 Å². The van der Waals surface area contributed by atoms with E-state index in [1.807, 2.05) is 0 Å². The average Bonchev–Trinajstić information content (AvgIpc) is 1.83. The lowest BCUT2D eigenvalue weighted by Crippen LogP contribution is -2.33. The smallest absolute Gasteiger partial charge is 0.0754 e. The molecule has 0 aliphatic heterocycles. The molecule has 1 rings (SSSR count). The molecule has 0 aromatic carbocycles. The molecule has 2 heteroatoms. The number of allylic oxidation sites excluding steroid dienone is 1. The second kappa shape index (κ2) is 2.80. The van der Waals surface area contributed by atoms with Crippen molar-refractivity contribution in [1.29, 1.82) is 0 Å². The van der Waals surface area contributed by atoms with Crippen LogP contribution in [-0.2, 0) is 0 Å². The Balaban J connectivity index is 2.77. The molecule has 62 valence electrons. The molecule has 1 aliphatic carbocycles. The highest BCUT2D eigenvalue weighted by atomic mass is 16.3. The monoisotopic (exact) mass is 154 g/mol. The fourth-order valence-corrected chi connectivity index (χ4v) is 1.47. The van der Waals surface area contributed by atoms with Crippen molar-refractivity contribution in [1.82, 2.24) is 0 Å². The molecule has 2 atom stereocenters. The minimum atomic E-state index is -0.766. The SMILES string of the molecule is C=CC1=C[C@H](O)C[C@](C)(O)C1. The highest BCUT2D eigenvalue weighted by Crippen LogP contribution is 2.28. The van der Waals surface area contributed by atoms with Crippen LogP contribution in [0.5, 0.6) is 0 Å². The van der Waals surface area contributed by atoms with Gasteiger partial charge in [0.05, 0.1) is 11.7 Å². The Morgan fingerprint density at radius 1 is 1.82 bits per heavy atom. The van der Waals surface area contributed by atoms with E-state index in [0.29, 0.717) is 12.8 Å². The fourth-order valence-electron chi connectivity index (χ4n) is 1.47. The van der Waals surface area contributed by atoms with Gasteiger partial charge in [-0.05, 0) is 12.5 Å². The van der Waals surface area contributed by atoms with Gasteiger partial charge in [-0.3, -0.25) is 0 Å². The van der Waals surface area contributed by atoms with Crippen molar-refractivity contribution in [3.63, 3.8) is 0 Å². The van der Waals surface area contributed by atoms with E-state index in [2.05, 4.69) is 6.58 Å². The van der Waals surface area contributed by atoms with Gasteiger partial charge in [-0.25, -0.2) is 0 Å². The molecule has 0 amide bonds. The summed E-state index contributed by atoms with van der Waals surface area (Å²) in [5.74, 6) is 0. The van der Waals surface area contributed by atoms with Crippen molar-refractivity contribution < 1.29 is 10.2 Å². The average molecular weight is 154 g/mol. The van der Waals surface area contributed by atoms with E-state index >= 15 is 0 Å². The predicted octanol–water partition coefficient (Wildman–Crippen LogP) is 1.00. The van der Waals surface area contributed by atoms with Gasteiger partial charge in [-0.1, -0.05) is 18.7 Å². The summed E-state index contributed by atoms with van der Waals surface area (Å²) in [4.78, 5) is 0. The lowest BCUT2D eigenvalue weighted by atomic mass is 9.85. The normalized spacial score (nSPS) is 38.1. The van der Waals surface area contributed by atoms with Crippen LogP contribution in [0.1, 0.15) is 19.8 Å². The minimum absolute atomic E-state index is 0.421. The Kier molecular flexibility index (Phi) is 2.16. The van der Waals surface area contributed by atoms with E-state index in [9.17, 15) is 10.2 Å². The van der Waals surface area contributed by atoms with Gasteiger partial charge in [0.15, 0.2) is 0 Å². The molecule has 0 saturated carbocycles. The molecular weight excluding hydrogens is 140 g/mol. The number of aliphatic hydroxyl groups excluding tert-OH is 1. The van der Waals surface area contributed by atoms with E-state index in [4.69, 9.17) is 0 Å². The van der Waals surface area contributed by atoms with Crippen LogP contribution in [0.3, 0.4) is 0 Å². The summed E-state index contributed by atoms with van der Waals surface area (Å²) >= 11 is 0. The second-order valence-electron chi connectivity index (χ2n) is 3.39. The van der Waals surface area contributed by atoms with Gasteiger partial charge >= 0.3 is 0 Å². The molecule has 2 nitrogen and oxygen atoms in total.